The van der Waals surface area contributed by atoms with Gasteiger partial charge in [-0.05, 0) is 50.2 Å². The second-order valence-electron chi connectivity index (χ2n) is 6.29. The zero-order valence-electron chi connectivity index (χ0n) is 13.4. The van der Waals surface area contributed by atoms with Crippen molar-refractivity contribution in [2.24, 2.45) is 5.92 Å². The summed E-state index contributed by atoms with van der Waals surface area (Å²) in [6.07, 6.45) is 0.971. The van der Waals surface area contributed by atoms with Gasteiger partial charge in [-0.15, -0.1) is 0 Å². The minimum absolute atomic E-state index is 0.0528. The molecule has 1 aromatic carbocycles. The number of carbonyl (C=O) groups excluding carboxylic acids is 2. The second-order valence-corrected chi connectivity index (χ2v) is 6.29. The molecule has 2 aliphatic heterocycles. The number of rotatable bonds is 4. The van der Waals surface area contributed by atoms with Crippen LogP contribution in [0.25, 0.3) is 0 Å². The van der Waals surface area contributed by atoms with Gasteiger partial charge in [-0.25, -0.2) is 9.69 Å². The smallest absolute Gasteiger partial charge is 0.335 e. The van der Waals surface area contributed by atoms with Crippen LogP contribution < -0.4 is 4.90 Å². The molecular formula is C17H18N2O6. The van der Waals surface area contributed by atoms with E-state index in [-0.39, 0.29) is 23.8 Å². The number of aliphatic carboxylic acids is 1. The minimum Gasteiger partial charge on any atom is -0.481 e. The molecule has 0 radical (unpaired) electrons. The molecule has 25 heavy (non-hydrogen) atoms. The molecule has 132 valence electrons. The van der Waals surface area contributed by atoms with Crippen LogP contribution in [0, 0.1) is 5.92 Å². The van der Waals surface area contributed by atoms with E-state index in [2.05, 4.69) is 0 Å². The molecule has 0 aromatic heterocycles. The number of anilines is 1. The van der Waals surface area contributed by atoms with Crippen molar-refractivity contribution in [3.05, 3.63) is 29.8 Å². The quantitative estimate of drug-likeness (QED) is 0.775. The van der Waals surface area contributed by atoms with Crippen molar-refractivity contribution in [1.29, 1.82) is 0 Å². The first kappa shape index (κ1) is 17.1. The maximum atomic E-state index is 12.7. The Labute approximate surface area is 143 Å². The number of aromatic carboxylic acids is 1. The number of imide groups is 1. The number of nitrogens with zero attached hydrogens (tertiary/aromatic N) is 2. The molecule has 0 aliphatic carbocycles. The van der Waals surface area contributed by atoms with Gasteiger partial charge in [0, 0.05) is 0 Å². The van der Waals surface area contributed by atoms with Crippen molar-refractivity contribution in [3.8, 4) is 0 Å². The lowest BCUT2D eigenvalue weighted by Crippen LogP contribution is -2.46. The zero-order chi connectivity index (χ0) is 18.1. The Balaban J connectivity index is 1.72. The maximum absolute atomic E-state index is 12.7. The van der Waals surface area contributed by atoms with Gasteiger partial charge in [-0.1, -0.05) is 0 Å². The Morgan fingerprint density at radius 1 is 1.00 bits per heavy atom. The molecule has 1 unspecified atom stereocenters. The van der Waals surface area contributed by atoms with E-state index in [9.17, 15) is 19.2 Å². The molecule has 2 N–H and O–H groups in total. The van der Waals surface area contributed by atoms with E-state index in [1.165, 1.54) is 24.3 Å². The molecule has 2 saturated heterocycles. The summed E-state index contributed by atoms with van der Waals surface area (Å²) in [5.41, 5.74) is 0.429. The second kappa shape index (κ2) is 6.64. The lowest BCUT2D eigenvalue weighted by molar-refractivity contribution is -0.143. The van der Waals surface area contributed by atoms with Crippen LogP contribution in [-0.2, 0) is 14.4 Å². The van der Waals surface area contributed by atoms with E-state index < -0.39 is 23.9 Å². The number of hydrogen-bond donors (Lipinski definition) is 2. The summed E-state index contributed by atoms with van der Waals surface area (Å²) in [7, 11) is 0. The largest absolute Gasteiger partial charge is 0.481 e. The van der Waals surface area contributed by atoms with Gasteiger partial charge in [-0.3, -0.25) is 19.3 Å². The third-order valence-electron chi connectivity index (χ3n) is 4.81. The summed E-state index contributed by atoms with van der Waals surface area (Å²) in [4.78, 5) is 49.8. The fourth-order valence-electron chi connectivity index (χ4n) is 3.38. The van der Waals surface area contributed by atoms with Crippen LogP contribution in [0.15, 0.2) is 24.3 Å². The van der Waals surface area contributed by atoms with Crippen LogP contribution in [0.1, 0.15) is 29.6 Å². The summed E-state index contributed by atoms with van der Waals surface area (Å²) in [5, 5.41) is 18.0. The van der Waals surface area contributed by atoms with Crippen molar-refractivity contribution in [1.82, 2.24) is 4.90 Å². The molecule has 2 fully saturated rings. The lowest BCUT2D eigenvalue weighted by atomic mass is 9.96. The van der Waals surface area contributed by atoms with Crippen LogP contribution in [0.4, 0.5) is 5.69 Å². The van der Waals surface area contributed by atoms with Crippen LogP contribution in [0.2, 0.25) is 0 Å². The minimum atomic E-state index is -1.08. The summed E-state index contributed by atoms with van der Waals surface area (Å²) < 4.78 is 0. The first-order chi connectivity index (χ1) is 11.9. The fourth-order valence-corrected chi connectivity index (χ4v) is 3.38. The van der Waals surface area contributed by atoms with Crippen LogP contribution >= 0.6 is 0 Å². The molecule has 0 saturated carbocycles. The monoisotopic (exact) mass is 346 g/mol. The number of carboxylic acids is 2. The van der Waals surface area contributed by atoms with Crippen LogP contribution in [0.3, 0.4) is 0 Å². The number of amides is 2. The summed E-state index contributed by atoms with van der Waals surface area (Å²) >= 11 is 0. The van der Waals surface area contributed by atoms with E-state index in [1.807, 2.05) is 4.90 Å². The normalized spacial score (nSPS) is 22.4. The molecule has 0 spiro atoms. The molecule has 0 bridgehead atoms. The molecule has 2 aliphatic rings. The lowest BCUT2D eigenvalue weighted by Gasteiger charge is -2.33. The summed E-state index contributed by atoms with van der Waals surface area (Å²) in [5.74, 6) is -2.98. The molecular weight excluding hydrogens is 328 g/mol. The molecule has 2 heterocycles. The third-order valence-corrected chi connectivity index (χ3v) is 4.81. The van der Waals surface area contributed by atoms with Gasteiger partial charge in [0.05, 0.1) is 29.6 Å². The Morgan fingerprint density at radius 3 is 2.12 bits per heavy atom. The van der Waals surface area contributed by atoms with Crippen LogP contribution in [0.5, 0.6) is 0 Å². The van der Waals surface area contributed by atoms with Gasteiger partial charge < -0.3 is 10.2 Å². The summed E-state index contributed by atoms with van der Waals surface area (Å²) in [6, 6.07) is 5.01. The summed E-state index contributed by atoms with van der Waals surface area (Å²) in [6.45, 7) is 0.929. The van der Waals surface area contributed by atoms with E-state index in [0.717, 1.165) is 4.90 Å². The standard InChI is InChI=1S/C17H18N2O6/c20-14-9-13(18-7-5-11(6-8-18)17(24)25)15(21)19(14)12-3-1-10(2-4-12)16(22)23/h1-4,11,13H,5-9H2,(H,22,23)(H,24,25). The molecule has 8 nitrogen and oxygen atoms in total. The van der Waals surface area contributed by atoms with Crippen LogP contribution in [-0.4, -0.2) is 58.0 Å². The van der Waals surface area contributed by atoms with Gasteiger partial charge in [0.15, 0.2) is 0 Å². The van der Waals surface area contributed by atoms with E-state index in [1.54, 1.807) is 0 Å². The highest BCUT2D eigenvalue weighted by Crippen LogP contribution is 2.28. The van der Waals surface area contributed by atoms with Crippen molar-refractivity contribution in [2.75, 3.05) is 18.0 Å². The molecule has 3 rings (SSSR count). The molecule has 1 aromatic rings. The van der Waals surface area contributed by atoms with E-state index in [4.69, 9.17) is 10.2 Å². The van der Waals surface area contributed by atoms with E-state index in [0.29, 0.717) is 31.6 Å². The third kappa shape index (κ3) is 3.25. The first-order valence-corrected chi connectivity index (χ1v) is 8.05. The van der Waals surface area contributed by atoms with Gasteiger partial charge in [0.2, 0.25) is 5.91 Å². The van der Waals surface area contributed by atoms with Gasteiger partial charge in [0.25, 0.3) is 5.91 Å². The van der Waals surface area contributed by atoms with Gasteiger partial charge >= 0.3 is 11.9 Å². The number of benzene rings is 1. The number of piperidine rings is 1. The van der Waals surface area contributed by atoms with Gasteiger partial charge in [0.1, 0.15) is 0 Å². The number of likely N-dealkylation sites (tertiary alicyclic amines) is 1. The predicted octanol–water partition coefficient (Wildman–Crippen LogP) is 0.813. The topological polar surface area (TPSA) is 115 Å². The highest BCUT2D eigenvalue weighted by molar-refractivity contribution is 6.22. The number of carboxylic acid groups (broad SMARTS) is 2. The maximum Gasteiger partial charge on any atom is 0.335 e. The SMILES string of the molecule is O=C(O)c1ccc(N2C(=O)CC(N3CCC(C(=O)O)CC3)C2=O)cc1. The average Bonchev–Trinajstić information content (AvgIpc) is 2.89. The van der Waals surface area contributed by atoms with Crippen molar-refractivity contribution < 1.29 is 29.4 Å². The number of hydrogen-bond acceptors (Lipinski definition) is 5. The van der Waals surface area contributed by atoms with E-state index >= 15 is 0 Å². The molecule has 8 heteroatoms. The predicted molar refractivity (Wildman–Crippen MR) is 86.2 cm³/mol. The highest BCUT2D eigenvalue weighted by atomic mass is 16.4. The Morgan fingerprint density at radius 2 is 1.60 bits per heavy atom. The Hall–Kier alpha value is -2.74. The van der Waals surface area contributed by atoms with Crippen molar-refractivity contribution in [2.45, 2.75) is 25.3 Å². The zero-order valence-corrected chi connectivity index (χ0v) is 13.4. The van der Waals surface area contributed by atoms with Gasteiger partial charge in [-0.2, -0.15) is 0 Å². The van der Waals surface area contributed by atoms with Crippen molar-refractivity contribution in [3.63, 3.8) is 0 Å². The first-order valence-electron chi connectivity index (χ1n) is 8.05. The number of carbonyl (C=O) groups is 4. The van der Waals surface area contributed by atoms with Crippen molar-refractivity contribution >= 4 is 29.4 Å². The highest BCUT2D eigenvalue weighted by Gasteiger charge is 2.43. The Kier molecular flexibility index (Phi) is 4.54. The fraction of sp³-hybridized carbons (Fsp3) is 0.412. The Bertz CT molecular complexity index is 721. The molecule has 1 atom stereocenters. The molecule has 2 amide bonds. The average molecular weight is 346 g/mol.